The number of hydrogen-bond acceptors (Lipinski definition) is 2. The first-order chi connectivity index (χ1) is 10.0. The summed E-state index contributed by atoms with van der Waals surface area (Å²) in [6.45, 7) is 1.03. The van der Waals surface area contributed by atoms with Crippen LogP contribution >= 0.6 is 0 Å². The number of nitrogens with one attached hydrogen (secondary N) is 1. The molecule has 2 aromatic rings. The molecular formula is C15H19FN4O. The zero-order valence-corrected chi connectivity index (χ0v) is 12.2. The van der Waals surface area contributed by atoms with Gasteiger partial charge in [-0.2, -0.15) is 5.10 Å². The second-order valence-electron chi connectivity index (χ2n) is 4.99. The molecule has 1 aromatic carbocycles. The maximum absolute atomic E-state index is 12.8. The van der Waals surface area contributed by atoms with Gasteiger partial charge in [0, 0.05) is 32.4 Å². The van der Waals surface area contributed by atoms with Gasteiger partial charge < -0.3 is 10.2 Å². The van der Waals surface area contributed by atoms with Crippen LogP contribution in [0.1, 0.15) is 11.1 Å². The Morgan fingerprint density at radius 1 is 1.33 bits per heavy atom. The van der Waals surface area contributed by atoms with Gasteiger partial charge in [0.05, 0.1) is 12.7 Å². The van der Waals surface area contributed by atoms with Crippen molar-refractivity contribution in [2.45, 2.75) is 13.0 Å². The van der Waals surface area contributed by atoms with E-state index in [0.29, 0.717) is 19.5 Å². The standard InChI is InChI=1S/C15H19FN4O/c1-19(10-13-9-18-20(2)11-13)15(21)17-8-7-12-3-5-14(16)6-4-12/h3-6,9,11H,7-8,10H2,1-2H3,(H,17,21). The molecule has 5 nitrogen and oxygen atoms in total. The second-order valence-corrected chi connectivity index (χ2v) is 4.99. The van der Waals surface area contributed by atoms with E-state index in [9.17, 15) is 9.18 Å². The SMILES string of the molecule is CN(Cc1cnn(C)c1)C(=O)NCCc1ccc(F)cc1. The van der Waals surface area contributed by atoms with Crippen molar-refractivity contribution in [2.24, 2.45) is 7.05 Å². The zero-order chi connectivity index (χ0) is 15.2. The third-order valence-corrected chi connectivity index (χ3v) is 3.13. The first kappa shape index (κ1) is 15.0. The summed E-state index contributed by atoms with van der Waals surface area (Å²) < 4.78 is 14.5. The van der Waals surface area contributed by atoms with E-state index in [1.54, 1.807) is 35.0 Å². The normalized spacial score (nSPS) is 10.4. The molecule has 112 valence electrons. The maximum Gasteiger partial charge on any atom is 0.317 e. The van der Waals surface area contributed by atoms with Crippen LogP contribution in [0.3, 0.4) is 0 Å². The molecule has 0 aliphatic carbocycles. The quantitative estimate of drug-likeness (QED) is 0.915. The molecule has 2 rings (SSSR count). The molecule has 0 spiro atoms. The van der Waals surface area contributed by atoms with E-state index >= 15 is 0 Å². The molecule has 0 unspecified atom stereocenters. The van der Waals surface area contributed by atoms with Crippen molar-refractivity contribution in [3.63, 3.8) is 0 Å². The molecule has 0 atom stereocenters. The van der Waals surface area contributed by atoms with Gasteiger partial charge in [0.1, 0.15) is 5.82 Å². The number of halogens is 1. The molecule has 0 aliphatic heterocycles. The summed E-state index contributed by atoms with van der Waals surface area (Å²) in [6, 6.07) is 6.15. The number of carbonyl (C=O) groups is 1. The van der Waals surface area contributed by atoms with E-state index in [2.05, 4.69) is 10.4 Å². The van der Waals surface area contributed by atoms with Crippen molar-refractivity contribution >= 4 is 6.03 Å². The summed E-state index contributed by atoms with van der Waals surface area (Å²) in [7, 11) is 3.58. The van der Waals surface area contributed by atoms with Gasteiger partial charge >= 0.3 is 6.03 Å². The Morgan fingerprint density at radius 3 is 2.67 bits per heavy atom. The maximum atomic E-state index is 12.8. The highest BCUT2D eigenvalue weighted by Crippen LogP contribution is 2.04. The summed E-state index contributed by atoms with van der Waals surface area (Å²) >= 11 is 0. The van der Waals surface area contributed by atoms with Gasteiger partial charge in [0.15, 0.2) is 0 Å². The minimum absolute atomic E-state index is 0.138. The highest BCUT2D eigenvalue weighted by Gasteiger charge is 2.09. The van der Waals surface area contributed by atoms with Crippen molar-refractivity contribution in [3.05, 3.63) is 53.6 Å². The predicted octanol–water partition coefficient (Wildman–Crippen LogP) is 1.94. The molecule has 0 fully saturated rings. The average Bonchev–Trinajstić information content (AvgIpc) is 2.86. The van der Waals surface area contributed by atoms with Crippen molar-refractivity contribution < 1.29 is 9.18 Å². The Morgan fingerprint density at radius 2 is 2.05 bits per heavy atom. The summed E-state index contributed by atoms with van der Waals surface area (Å²) in [6.07, 6.45) is 4.29. The number of aryl methyl sites for hydroxylation is 1. The number of benzene rings is 1. The smallest absolute Gasteiger partial charge is 0.317 e. The fourth-order valence-electron chi connectivity index (χ4n) is 2.00. The number of aromatic nitrogens is 2. The number of amides is 2. The third kappa shape index (κ3) is 4.59. The summed E-state index contributed by atoms with van der Waals surface area (Å²) in [5.74, 6) is -0.251. The van der Waals surface area contributed by atoms with Gasteiger partial charge in [-0.15, -0.1) is 0 Å². The van der Waals surface area contributed by atoms with Crippen LogP contribution in [0, 0.1) is 5.82 Å². The Hall–Kier alpha value is -2.37. The second kappa shape index (κ2) is 6.88. The van der Waals surface area contributed by atoms with Crippen LogP contribution in [0.15, 0.2) is 36.7 Å². The lowest BCUT2D eigenvalue weighted by Gasteiger charge is -2.17. The zero-order valence-electron chi connectivity index (χ0n) is 12.2. The van der Waals surface area contributed by atoms with Crippen LogP contribution in [-0.4, -0.2) is 34.3 Å². The summed E-state index contributed by atoms with van der Waals surface area (Å²) in [4.78, 5) is 13.5. The lowest BCUT2D eigenvalue weighted by atomic mass is 10.1. The highest BCUT2D eigenvalue weighted by molar-refractivity contribution is 5.73. The van der Waals surface area contributed by atoms with Crippen LogP contribution in [0.5, 0.6) is 0 Å². The van der Waals surface area contributed by atoms with Gasteiger partial charge in [-0.1, -0.05) is 12.1 Å². The fourth-order valence-corrected chi connectivity index (χ4v) is 2.00. The van der Waals surface area contributed by atoms with Crippen molar-refractivity contribution in [3.8, 4) is 0 Å². The monoisotopic (exact) mass is 290 g/mol. The molecule has 1 aromatic heterocycles. The van der Waals surface area contributed by atoms with Gasteiger partial charge in [-0.25, -0.2) is 9.18 Å². The van der Waals surface area contributed by atoms with Crippen LogP contribution in [0.4, 0.5) is 9.18 Å². The molecule has 6 heteroatoms. The van der Waals surface area contributed by atoms with Crippen LogP contribution < -0.4 is 5.32 Å². The lowest BCUT2D eigenvalue weighted by Crippen LogP contribution is -2.37. The molecular weight excluding hydrogens is 271 g/mol. The predicted molar refractivity (Wildman–Crippen MR) is 78.2 cm³/mol. The minimum atomic E-state index is -0.251. The molecule has 1 heterocycles. The van der Waals surface area contributed by atoms with E-state index in [1.807, 2.05) is 13.2 Å². The Kier molecular flexibility index (Phi) is 4.92. The molecule has 0 saturated heterocycles. The minimum Gasteiger partial charge on any atom is -0.338 e. The van der Waals surface area contributed by atoms with E-state index in [0.717, 1.165) is 11.1 Å². The third-order valence-electron chi connectivity index (χ3n) is 3.13. The Bertz CT molecular complexity index is 594. The lowest BCUT2D eigenvalue weighted by molar-refractivity contribution is 0.207. The van der Waals surface area contributed by atoms with Gasteiger partial charge in [-0.3, -0.25) is 4.68 Å². The molecule has 0 aliphatic rings. The summed E-state index contributed by atoms with van der Waals surface area (Å²) in [5, 5.41) is 6.90. The highest BCUT2D eigenvalue weighted by atomic mass is 19.1. The number of urea groups is 1. The average molecular weight is 290 g/mol. The van der Waals surface area contributed by atoms with E-state index in [1.165, 1.54) is 12.1 Å². The molecule has 0 saturated carbocycles. The number of rotatable bonds is 5. The Labute approximate surface area is 123 Å². The Balaban J connectivity index is 1.74. The topological polar surface area (TPSA) is 50.2 Å². The molecule has 1 N–H and O–H groups in total. The first-order valence-electron chi connectivity index (χ1n) is 6.75. The molecule has 21 heavy (non-hydrogen) atoms. The van der Waals surface area contributed by atoms with Gasteiger partial charge in [-0.05, 0) is 24.1 Å². The van der Waals surface area contributed by atoms with E-state index < -0.39 is 0 Å². The van der Waals surface area contributed by atoms with Crippen LogP contribution in [-0.2, 0) is 20.0 Å². The van der Waals surface area contributed by atoms with Crippen molar-refractivity contribution in [1.82, 2.24) is 20.0 Å². The molecule has 0 bridgehead atoms. The van der Waals surface area contributed by atoms with Crippen molar-refractivity contribution in [2.75, 3.05) is 13.6 Å². The molecule has 0 radical (unpaired) electrons. The number of carbonyl (C=O) groups excluding carboxylic acids is 1. The van der Waals surface area contributed by atoms with E-state index in [4.69, 9.17) is 0 Å². The first-order valence-corrected chi connectivity index (χ1v) is 6.75. The fraction of sp³-hybridized carbons (Fsp3) is 0.333. The van der Waals surface area contributed by atoms with Gasteiger partial charge in [0.25, 0.3) is 0 Å². The number of hydrogen-bond donors (Lipinski definition) is 1. The van der Waals surface area contributed by atoms with E-state index in [-0.39, 0.29) is 11.8 Å². The van der Waals surface area contributed by atoms with Crippen LogP contribution in [0.2, 0.25) is 0 Å². The largest absolute Gasteiger partial charge is 0.338 e. The van der Waals surface area contributed by atoms with Crippen molar-refractivity contribution in [1.29, 1.82) is 0 Å². The summed E-state index contributed by atoms with van der Waals surface area (Å²) in [5.41, 5.74) is 1.97. The van der Waals surface area contributed by atoms with Crippen LogP contribution in [0.25, 0.3) is 0 Å². The number of nitrogens with zero attached hydrogens (tertiary/aromatic N) is 3. The van der Waals surface area contributed by atoms with Gasteiger partial charge in [0.2, 0.25) is 0 Å². The molecule has 2 amide bonds.